The molecule has 19 heavy (non-hydrogen) atoms. The molecule has 0 spiro atoms. The molecule has 0 amide bonds. The van der Waals surface area contributed by atoms with E-state index in [-0.39, 0.29) is 11.8 Å². The molecular weight excluding hydrogens is 238 g/mol. The number of aromatic nitrogens is 1. The molecule has 2 rings (SSSR count). The van der Waals surface area contributed by atoms with Crippen molar-refractivity contribution in [3.63, 3.8) is 0 Å². The van der Waals surface area contributed by atoms with Crippen molar-refractivity contribution >= 4 is 11.5 Å². The molecule has 1 unspecified atom stereocenters. The largest absolute Gasteiger partial charge is 0.398 e. The molecule has 4 nitrogen and oxygen atoms in total. The number of pyridine rings is 1. The molecule has 0 saturated heterocycles. The lowest BCUT2D eigenvalue weighted by Crippen LogP contribution is -2.13. The van der Waals surface area contributed by atoms with Gasteiger partial charge in [-0.3, -0.25) is 9.78 Å². The first kappa shape index (κ1) is 13.2. The van der Waals surface area contributed by atoms with E-state index in [1.54, 1.807) is 12.3 Å². The van der Waals surface area contributed by atoms with Gasteiger partial charge in [0.2, 0.25) is 0 Å². The number of hydrogen-bond donors (Lipinski definition) is 2. The molecule has 1 aromatic heterocycles. The first-order chi connectivity index (χ1) is 9.18. The van der Waals surface area contributed by atoms with Crippen molar-refractivity contribution in [1.82, 2.24) is 4.98 Å². The van der Waals surface area contributed by atoms with Crippen molar-refractivity contribution in [2.24, 2.45) is 5.73 Å². The maximum Gasteiger partial charge on any atom is 0.166 e. The topological polar surface area (TPSA) is 82.0 Å². The van der Waals surface area contributed by atoms with Crippen LogP contribution in [0.15, 0.2) is 48.8 Å². The lowest BCUT2D eigenvalue weighted by molar-refractivity contribution is 0.0978. The second-order valence-electron chi connectivity index (χ2n) is 4.44. The molecule has 4 heteroatoms. The molecule has 0 aliphatic heterocycles. The Bertz CT molecular complexity index is 554. The SMILES string of the molecule is Nc1ccncc1C(=O)CCC(N)c1ccccc1. The van der Waals surface area contributed by atoms with E-state index in [0.717, 1.165) is 5.56 Å². The second-order valence-corrected chi connectivity index (χ2v) is 4.44. The number of Topliss-reactive ketones (excluding diaryl/α,β-unsaturated/α-hetero) is 1. The van der Waals surface area contributed by atoms with Crippen LogP contribution < -0.4 is 11.5 Å². The van der Waals surface area contributed by atoms with E-state index < -0.39 is 0 Å². The summed E-state index contributed by atoms with van der Waals surface area (Å²) in [5.41, 5.74) is 13.8. The third-order valence-electron chi connectivity index (χ3n) is 3.07. The Balaban J connectivity index is 1.96. The molecular formula is C15H17N3O. The van der Waals surface area contributed by atoms with Crippen LogP contribution in [0.1, 0.15) is 34.8 Å². The van der Waals surface area contributed by atoms with Crippen LogP contribution in [-0.4, -0.2) is 10.8 Å². The Hall–Kier alpha value is -2.20. The van der Waals surface area contributed by atoms with Gasteiger partial charge < -0.3 is 11.5 Å². The van der Waals surface area contributed by atoms with E-state index in [1.807, 2.05) is 30.3 Å². The van der Waals surface area contributed by atoms with E-state index in [9.17, 15) is 4.79 Å². The second kappa shape index (κ2) is 6.11. The summed E-state index contributed by atoms with van der Waals surface area (Å²) in [7, 11) is 0. The minimum atomic E-state index is -0.136. The highest BCUT2D eigenvalue weighted by Gasteiger charge is 2.12. The van der Waals surface area contributed by atoms with Gasteiger partial charge in [0, 0.05) is 30.5 Å². The zero-order chi connectivity index (χ0) is 13.7. The number of carbonyl (C=O) groups excluding carboxylic acids is 1. The Kier molecular flexibility index (Phi) is 4.26. The van der Waals surface area contributed by atoms with Crippen molar-refractivity contribution in [2.45, 2.75) is 18.9 Å². The van der Waals surface area contributed by atoms with Crippen LogP contribution in [0.5, 0.6) is 0 Å². The van der Waals surface area contributed by atoms with Gasteiger partial charge in [-0.2, -0.15) is 0 Å². The Labute approximate surface area is 112 Å². The Morgan fingerprint density at radius 2 is 1.95 bits per heavy atom. The van der Waals surface area contributed by atoms with Gasteiger partial charge in [-0.15, -0.1) is 0 Å². The quantitative estimate of drug-likeness (QED) is 0.803. The van der Waals surface area contributed by atoms with Gasteiger partial charge in [0.05, 0.1) is 5.56 Å². The lowest BCUT2D eigenvalue weighted by Gasteiger charge is -2.11. The number of ketones is 1. The molecule has 98 valence electrons. The van der Waals surface area contributed by atoms with Gasteiger partial charge in [-0.1, -0.05) is 30.3 Å². The first-order valence-electron chi connectivity index (χ1n) is 6.21. The van der Waals surface area contributed by atoms with E-state index in [0.29, 0.717) is 24.1 Å². The highest BCUT2D eigenvalue weighted by Crippen LogP contribution is 2.18. The maximum atomic E-state index is 12.0. The van der Waals surface area contributed by atoms with Crippen LogP contribution in [0, 0.1) is 0 Å². The number of rotatable bonds is 5. The molecule has 4 N–H and O–H groups in total. The standard InChI is InChI=1S/C15H17N3O/c16-13(11-4-2-1-3-5-11)6-7-15(19)12-10-18-9-8-14(12)17/h1-5,8-10,13H,6-7,16H2,(H2,17,18). The number of anilines is 1. The molecule has 1 heterocycles. The molecule has 1 aromatic carbocycles. The monoisotopic (exact) mass is 255 g/mol. The average Bonchev–Trinajstić information content (AvgIpc) is 2.46. The third-order valence-corrected chi connectivity index (χ3v) is 3.07. The minimum absolute atomic E-state index is 0.0167. The number of nitrogens with zero attached hydrogens (tertiary/aromatic N) is 1. The third kappa shape index (κ3) is 3.39. The van der Waals surface area contributed by atoms with E-state index >= 15 is 0 Å². The van der Waals surface area contributed by atoms with Crippen LogP contribution in [0.4, 0.5) is 5.69 Å². The van der Waals surface area contributed by atoms with E-state index in [4.69, 9.17) is 11.5 Å². The maximum absolute atomic E-state index is 12.0. The molecule has 0 bridgehead atoms. The first-order valence-corrected chi connectivity index (χ1v) is 6.21. The van der Waals surface area contributed by atoms with Crippen LogP contribution >= 0.6 is 0 Å². The van der Waals surface area contributed by atoms with Gasteiger partial charge in [-0.05, 0) is 18.1 Å². The summed E-state index contributed by atoms with van der Waals surface area (Å²) >= 11 is 0. The molecule has 0 fully saturated rings. The molecule has 2 aromatic rings. The van der Waals surface area contributed by atoms with Crippen LogP contribution in [0.3, 0.4) is 0 Å². The Morgan fingerprint density at radius 3 is 2.63 bits per heavy atom. The van der Waals surface area contributed by atoms with Gasteiger partial charge >= 0.3 is 0 Å². The average molecular weight is 255 g/mol. The van der Waals surface area contributed by atoms with Gasteiger partial charge in [0.15, 0.2) is 5.78 Å². The molecule has 0 aliphatic rings. The van der Waals surface area contributed by atoms with Crippen molar-refractivity contribution in [3.8, 4) is 0 Å². The van der Waals surface area contributed by atoms with Gasteiger partial charge in [0.25, 0.3) is 0 Å². The van der Waals surface area contributed by atoms with E-state index in [2.05, 4.69) is 4.98 Å². The van der Waals surface area contributed by atoms with Gasteiger partial charge in [0.1, 0.15) is 0 Å². The summed E-state index contributed by atoms with van der Waals surface area (Å²) in [5, 5.41) is 0. The number of carbonyl (C=O) groups is 1. The number of hydrogen-bond acceptors (Lipinski definition) is 4. The van der Waals surface area contributed by atoms with Crippen LogP contribution in [-0.2, 0) is 0 Å². The lowest BCUT2D eigenvalue weighted by atomic mass is 9.99. The number of nitrogens with two attached hydrogens (primary N) is 2. The Morgan fingerprint density at radius 1 is 1.21 bits per heavy atom. The number of benzene rings is 1. The van der Waals surface area contributed by atoms with Crippen molar-refractivity contribution < 1.29 is 4.79 Å². The predicted molar refractivity (Wildman–Crippen MR) is 75.6 cm³/mol. The summed E-state index contributed by atoms with van der Waals surface area (Å²) in [6, 6.07) is 11.2. The normalized spacial score (nSPS) is 12.1. The minimum Gasteiger partial charge on any atom is -0.398 e. The molecule has 0 radical (unpaired) electrons. The van der Waals surface area contributed by atoms with Crippen molar-refractivity contribution in [1.29, 1.82) is 0 Å². The zero-order valence-corrected chi connectivity index (χ0v) is 10.6. The van der Waals surface area contributed by atoms with Crippen molar-refractivity contribution in [2.75, 3.05) is 5.73 Å². The molecule has 0 aliphatic carbocycles. The van der Waals surface area contributed by atoms with Crippen molar-refractivity contribution in [3.05, 3.63) is 59.9 Å². The zero-order valence-electron chi connectivity index (χ0n) is 10.6. The summed E-state index contributed by atoms with van der Waals surface area (Å²) in [5.74, 6) is -0.0167. The summed E-state index contributed by atoms with van der Waals surface area (Å²) in [6.45, 7) is 0. The highest BCUT2D eigenvalue weighted by molar-refractivity contribution is 6.00. The van der Waals surface area contributed by atoms with Crippen LogP contribution in [0.2, 0.25) is 0 Å². The summed E-state index contributed by atoms with van der Waals surface area (Å²) < 4.78 is 0. The van der Waals surface area contributed by atoms with Gasteiger partial charge in [-0.25, -0.2) is 0 Å². The smallest absolute Gasteiger partial charge is 0.166 e. The highest BCUT2D eigenvalue weighted by atomic mass is 16.1. The fourth-order valence-corrected chi connectivity index (χ4v) is 1.93. The fourth-order valence-electron chi connectivity index (χ4n) is 1.93. The summed E-state index contributed by atoms with van der Waals surface area (Å²) in [4.78, 5) is 15.9. The fraction of sp³-hybridized carbons (Fsp3) is 0.200. The van der Waals surface area contributed by atoms with E-state index in [1.165, 1.54) is 6.20 Å². The number of nitrogen functional groups attached to an aromatic ring is 1. The predicted octanol–water partition coefficient (Wildman–Crippen LogP) is 2.33. The molecule has 0 saturated carbocycles. The molecule has 1 atom stereocenters. The summed E-state index contributed by atoms with van der Waals surface area (Å²) in [6.07, 6.45) is 4.04. The van der Waals surface area contributed by atoms with Crippen LogP contribution in [0.25, 0.3) is 0 Å².